The van der Waals surface area contributed by atoms with Crippen molar-refractivity contribution >= 4 is 17.2 Å². The van der Waals surface area contributed by atoms with E-state index in [1.54, 1.807) is 17.7 Å². The Morgan fingerprint density at radius 3 is 2.06 bits per heavy atom. The molecule has 0 radical (unpaired) electrons. The van der Waals surface area contributed by atoms with Gasteiger partial charge in [0, 0.05) is 25.1 Å². The van der Waals surface area contributed by atoms with Crippen molar-refractivity contribution in [3.8, 4) is 10.6 Å². The fraction of sp³-hybridized carbons (Fsp3) is 0.704. The largest absolute Gasteiger partial charge is 0.356 e. The molecule has 0 bridgehead atoms. The van der Waals surface area contributed by atoms with Crippen molar-refractivity contribution in [2.24, 2.45) is 0 Å². The minimum absolute atomic E-state index is 0.178. The summed E-state index contributed by atoms with van der Waals surface area (Å²) in [6.45, 7) is 2.95. The summed E-state index contributed by atoms with van der Waals surface area (Å²) >= 11 is 1.69. The quantitative estimate of drug-likeness (QED) is 0.197. The number of nitrogens with one attached hydrogen (secondary N) is 2. The molecule has 32 heavy (non-hydrogen) atoms. The van der Waals surface area contributed by atoms with Crippen LogP contribution in [0.15, 0.2) is 23.8 Å². The number of unbranched alkanes of at least 4 members (excludes halogenated alkanes) is 14. The first-order valence-electron chi connectivity index (χ1n) is 13.1. The maximum absolute atomic E-state index is 12.1. The van der Waals surface area contributed by atoms with E-state index >= 15 is 0 Å². The van der Waals surface area contributed by atoms with Crippen LogP contribution in [0, 0.1) is 0 Å². The summed E-state index contributed by atoms with van der Waals surface area (Å²) in [6.07, 6.45) is 23.4. The van der Waals surface area contributed by atoms with E-state index in [1.165, 1.54) is 94.8 Å². The molecule has 2 aromatic rings. The Morgan fingerprint density at radius 1 is 0.906 bits per heavy atom. The van der Waals surface area contributed by atoms with Crippen molar-refractivity contribution in [3.63, 3.8) is 0 Å². The smallest absolute Gasteiger partial charge is 0.220 e. The third-order valence-corrected chi connectivity index (χ3v) is 7.05. The SMILES string of the molecule is CCCCCCCCCCCCCCCCCC(=O)NCCc1[nH]cnc1-c1cccs1. The molecule has 2 aromatic heterocycles. The monoisotopic (exact) mass is 459 g/mol. The number of aromatic amines is 1. The molecule has 0 aromatic carbocycles. The van der Waals surface area contributed by atoms with Crippen LogP contribution in [0.2, 0.25) is 0 Å². The van der Waals surface area contributed by atoms with Gasteiger partial charge in [0.05, 0.1) is 11.2 Å². The number of rotatable bonds is 20. The second kappa shape index (κ2) is 17.9. The molecule has 0 fully saturated rings. The van der Waals surface area contributed by atoms with Gasteiger partial charge in [0.2, 0.25) is 5.91 Å². The van der Waals surface area contributed by atoms with Crippen molar-refractivity contribution in [1.82, 2.24) is 15.3 Å². The standard InChI is InChI=1S/C27H45N3OS/c1-2-3-4-5-6-7-8-9-10-11-12-13-14-15-16-19-26(31)28-21-20-24-27(30-23-29-24)25-18-17-22-32-25/h17-18,22-23H,2-16,19-21H2,1H3,(H,28,31)(H,29,30). The van der Waals surface area contributed by atoms with Gasteiger partial charge in [0.15, 0.2) is 0 Å². The third-order valence-electron chi connectivity index (χ3n) is 6.18. The van der Waals surface area contributed by atoms with E-state index in [9.17, 15) is 4.79 Å². The second-order valence-electron chi connectivity index (χ2n) is 9.01. The summed E-state index contributed by atoms with van der Waals surface area (Å²) in [5.74, 6) is 0.178. The Balaban J connectivity index is 1.35. The van der Waals surface area contributed by atoms with Crippen LogP contribution in [0.4, 0.5) is 0 Å². The van der Waals surface area contributed by atoms with Gasteiger partial charge in [0.1, 0.15) is 5.69 Å². The van der Waals surface area contributed by atoms with E-state index in [4.69, 9.17) is 0 Å². The predicted molar refractivity (Wildman–Crippen MR) is 138 cm³/mol. The van der Waals surface area contributed by atoms with Gasteiger partial charge in [-0.25, -0.2) is 4.98 Å². The van der Waals surface area contributed by atoms with Crippen LogP contribution in [0.5, 0.6) is 0 Å². The molecule has 0 aliphatic carbocycles. The molecule has 0 aliphatic rings. The lowest BCUT2D eigenvalue weighted by molar-refractivity contribution is -0.121. The molecule has 0 saturated carbocycles. The molecule has 0 aliphatic heterocycles. The van der Waals surface area contributed by atoms with Crippen LogP contribution in [0.3, 0.4) is 0 Å². The highest BCUT2D eigenvalue weighted by molar-refractivity contribution is 7.13. The van der Waals surface area contributed by atoms with Crippen LogP contribution in [0.1, 0.15) is 115 Å². The Kier molecular flexibility index (Phi) is 14.9. The Morgan fingerprint density at radius 2 is 1.50 bits per heavy atom. The Hall–Kier alpha value is -1.62. The van der Waals surface area contributed by atoms with Gasteiger partial charge in [-0.2, -0.15) is 0 Å². The summed E-state index contributed by atoms with van der Waals surface area (Å²) in [7, 11) is 0. The highest BCUT2D eigenvalue weighted by Gasteiger charge is 2.09. The van der Waals surface area contributed by atoms with Gasteiger partial charge in [-0.15, -0.1) is 11.3 Å². The predicted octanol–water partition coefficient (Wildman–Crippen LogP) is 8.06. The minimum atomic E-state index is 0.178. The normalized spacial score (nSPS) is 11.2. The van der Waals surface area contributed by atoms with E-state index in [0.29, 0.717) is 13.0 Å². The average Bonchev–Trinajstić information content (AvgIpc) is 3.48. The number of carbonyl (C=O) groups is 1. The zero-order valence-electron chi connectivity index (χ0n) is 20.3. The molecule has 5 heteroatoms. The topological polar surface area (TPSA) is 57.8 Å². The number of H-pyrrole nitrogens is 1. The fourth-order valence-electron chi connectivity index (χ4n) is 4.21. The Labute approximate surface area is 200 Å². The molecule has 2 rings (SSSR count). The molecular formula is C27H45N3OS. The summed E-state index contributed by atoms with van der Waals surface area (Å²) in [5, 5.41) is 5.12. The van der Waals surface area contributed by atoms with E-state index in [0.717, 1.165) is 24.2 Å². The minimum Gasteiger partial charge on any atom is -0.356 e. The number of hydrogen-bond donors (Lipinski definition) is 2. The molecule has 2 heterocycles. The molecule has 2 N–H and O–H groups in total. The summed E-state index contributed by atoms with van der Waals surface area (Å²) in [5.41, 5.74) is 2.11. The number of nitrogens with zero attached hydrogens (tertiary/aromatic N) is 1. The van der Waals surface area contributed by atoms with Gasteiger partial charge < -0.3 is 10.3 Å². The third kappa shape index (κ3) is 11.8. The van der Waals surface area contributed by atoms with E-state index < -0.39 is 0 Å². The number of thiophene rings is 1. The maximum Gasteiger partial charge on any atom is 0.220 e. The molecule has 1 amide bonds. The van der Waals surface area contributed by atoms with E-state index in [-0.39, 0.29) is 5.91 Å². The first kappa shape index (κ1) is 26.6. The first-order valence-corrected chi connectivity index (χ1v) is 14.0. The zero-order valence-corrected chi connectivity index (χ0v) is 21.1. The summed E-state index contributed by atoms with van der Waals surface area (Å²) in [6, 6.07) is 4.12. The van der Waals surface area contributed by atoms with Gasteiger partial charge >= 0.3 is 0 Å². The first-order chi connectivity index (χ1) is 15.8. The van der Waals surface area contributed by atoms with Crippen molar-refractivity contribution in [3.05, 3.63) is 29.5 Å². The van der Waals surface area contributed by atoms with Crippen LogP contribution < -0.4 is 5.32 Å². The second-order valence-corrected chi connectivity index (χ2v) is 9.95. The molecule has 180 valence electrons. The summed E-state index contributed by atoms with van der Waals surface area (Å²) < 4.78 is 0. The number of imidazole rings is 1. The highest BCUT2D eigenvalue weighted by Crippen LogP contribution is 2.25. The average molecular weight is 460 g/mol. The lowest BCUT2D eigenvalue weighted by Gasteiger charge is -2.06. The molecule has 0 unspecified atom stereocenters. The Bertz CT molecular complexity index is 696. The molecule has 0 spiro atoms. The van der Waals surface area contributed by atoms with Crippen molar-refractivity contribution in [1.29, 1.82) is 0 Å². The highest BCUT2D eigenvalue weighted by atomic mass is 32.1. The number of carbonyl (C=O) groups excluding carboxylic acids is 1. The summed E-state index contributed by atoms with van der Waals surface area (Å²) in [4.78, 5) is 20.9. The molecular weight excluding hydrogens is 414 g/mol. The number of hydrogen-bond acceptors (Lipinski definition) is 3. The van der Waals surface area contributed by atoms with Gasteiger partial charge in [-0.05, 0) is 17.9 Å². The van der Waals surface area contributed by atoms with Gasteiger partial charge in [0.25, 0.3) is 0 Å². The number of amides is 1. The molecule has 0 saturated heterocycles. The number of aromatic nitrogens is 2. The van der Waals surface area contributed by atoms with Crippen LogP contribution >= 0.6 is 11.3 Å². The fourth-order valence-corrected chi connectivity index (χ4v) is 4.96. The van der Waals surface area contributed by atoms with Crippen LogP contribution in [-0.4, -0.2) is 22.4 Å². The van der Waals surface area contributed by atoms with Crippen molar-refractivity contribution in [2.45, 2.75) is 116 Å². The lowest BCUT2D eigenvalue weighted by Crippen LogP contribution is -2.25. The zero-order chi connectivity index (χ0) is 22.7. The van der Waals surface area contributed by atoms with E-state index in [2.05, 4.69) is 33.7 Å². The molecule has 0 atom stereocenters. The van der Waals surface area contributed by atoms with Crippen molar-refractivity contribution in [2.75, 3.05) is 6.54 Å². The van der Waals surface area contributed by atoms with Crippen molar-refractivity contribution < 1.29 is 4.79 Å². The maximum atomic E-state index is 12.1. The van der Waals surface area contributed by atoms with Gasteiger partial charge in [-0.3, -0.25) is 4.79 Å². The van der Waals surface area contributed by atoms with Crippen LogP contribution in [0.25, 0.3) is 10.6 Å². The van der Waals surface area contributed by atoms with E-state index in [1.807, 2.05) is 6.07 Å². The molecule has 4 nitrogen and oxygen atoms in total. The van der Waals surface area contributed by atoms with Crippen LogP contribution in [-0.2, 0) is 11.2 Å². The van der Waals surface area contributed by atoms with Gasteiger partial charge in [-0.1, -0.05) is 103 Å². The lowest BCUT2D eigenvalue weighted by atomic mass is 10.0.